The van der Waals surface area contributed by atoms with Crippen molar-refractivity contribution in [2.75, 3.05) is 25.3 Å². The molecule has 0 saturated carbocycles. The molecule has 1 aliphatic heterocycles. The van der Waals surface area contributed by atoms with Crippen LogP contribution in [0.1, 0.15) is 34.6 Å². The Morgan fingerprint density at radius 3 is 2.54 bits per heavy atom. The van der Waals surface area contributed by atoms with Crippen LogP contribution >= 0.6 is 30.4 Å². The lowest BCUT2D eigenvalue weighted by Gasteiger charge is -2.42. The molecule has 0 radical (unpaired) electrons. The van der Waals surface area contributed by atoms with Crippen molar-refractivity contribution in [1.82, 2.24) is 9.39 Å². The second kappa shape index (κ2) is 9.75. The summed E-state index contributed by atoms with van der Waals surface area (Å²) in [5.74, 6) is 0.291. The van der Waals surface area contributed by atoms with Crippen molar-refractivity contribution in [1.29, 1.82) is 0 Å². The third-order valence-corrected chi connectivity index (χ3v) is 8.83. The highest BCUT2D eigenvalue weighted by Gasteiger charge is 2.39. The fourth-order valence-electron chi connectivity index (χ4n) is 1.54. The standard InChI is InChI=1S/C13H26N3O4PS3/c1-10(2)16(21(22)18-7-13(4,5)8-19-21)24-9-14-12(17)20-15-11(3)23-6/h10H,7-9H2,1-6H3,(H,14,17). The highest BCUT2D eigenvalue weighted by Crippen LogP contribution is 2.60. The zero-order valence-electron chi connectivity index (χ0n) is 14.9. The first-order chi connectivity index (χ1) is 11.1. The number of hydrogen-bond donors (Lipinski definition) is 1. The molecular weight excluding hydrogens is 389 g/mol. The molecule has 0 aromatic heterocycles. The Bertz CT molecular complexity index is 503. The van der Waals surface area contributed by atoms with Crippen molar-refractivity contribution >= 4 is 53.3 Å². The van der Waals surface area contributed by atoms with E-state index in [1.54, 1.807) is 6.92 Å². The van der Waals surface area contributed by atoms with Crippen molar-refractivity contribution in [3.05, 3.63) is 0 Å². The molecule has 0 bridgehead atoms. The van der Waals surface area contributed by atoms with Gasteiger partial charge >= 0.3 is 6.09 Å². The summed E-state index contributed by atoms with van der Waals surface area (Å²) < 4.78 is 13.7. The van der Waals surface area contributed by atoms with Gasteiger partial charge in [0.1, 0.15) is 5.04 Å². The Morgan fingerprint density at radius 1 is 1.46 bits per heavy atom. The molecule has 1 saturated heterocycles. The molecule has 0 spiro atoms. The molecule has 140 valence electrons. The maximum absolute atomic E-state index is 11.6. The molecular formula is C13H26N3O4PS3. The van der Waals surface area contributed by atoms with E-state index in [4.69, 9.17) is 25.7 Å². The molecule has 0 atom stereocenters. The van der Waals surface area contributed by atoms with Crippen molar-refractivity contribution in [3.8, 4) is 0 Å². The lowest BCUT2D eigenvalue weighted by Crippen LogP contribution is -2.35. The Morgan fingerprint density at radius 2 is 2.04 bits per heavy atom. The number of thioether (sulfide) groups is 1. The summed E-state index contributed by atoms with van der Waals surface area (Å²) in [6.45, 7) is 8.51. The Balaban J connectivity index is 2.53. The summed E-state index contributed by atoms with van der Waals surface area (Å²) >= 11 is 8.41. The van der Waals surface area contributed by atoms with Gasteiger partial charge in [-0.25, -0.2) is 4.79 Å². The average Bonchev–Trinajstić information content (AvgIpc) is 2.52. The number of oxime groups is 1. The topological polar surface area (TPSA) is 72.4 Å². The van der Waals surface area contributed by atoms with Gasteiger partial charge in [-0.1, -0.05) is 19.0 Å². The first kappa shape index (κ1) is 22.2. The molecule has 0 unspecified atom stereocenters. The second-order valence-electron chi connectivity index (χ2n) is 6.22. The first-order valence-corrected chi connectivity index (χ1v) is 12.2. The highest BCUT2D eigenvalue weighted by molar-refractivity contribution is 8.15. The molecule has 1 heterocycles. The predicted molar refractivity (Wildman–Crippen MR) is 106 cm³/mol. The number of carbonyl (C=O) groups excluding carboxylic acids is 1. The SMILES string of the molecule is CSC(C)=NOC(=O)NCSN(C(C)C)P1(=S)OCC(C)(C)CO1. The molecule has 0 aromatic rings. The zero-order valence-corrected chi connectivity index (χ0v) is 18.2. The lowest BCUT2D eigenvalue weighted by molar-refractivity contribution is 0.0489. The smallest absolute Gasteiger partial charge is 0.317 e. The fourth-order valence-corrected chi connectivity index (χ4v) is 6.49. The second-order valence-corrected chi connectivity index (χ2v) is 11.7. The molecule has 1 N–H and O–H groups in total. The van der Waals surface area contributed by atoms with Crippen molar-refractivity contribution in [2.24, 2.45) is 10.6 Å². The first-order valence-electron chi connectivity index (χ1n) is 7.45. The van der Waals surface area contributed by atoms with Gasteiger partial charge in [0.05, 0.1) is 19.1 Å². The van der Waals surface area contributed by atoms with E-state index in [0.29, 0.717) is 24.1 Å². The fraction of sp³-hybridized carbons (Fsp3) is 0.846. The van der Waals surface area contributed by atoms with Crippen LogP contribution in [0.5, 0.6) is 0 Å². The summed E-state index contributed by atoms with van der Waals surface area (Å²) in [4.78, 5) is 16.3. The van der Waals surface area contributed by atoms with Crippen LogP contribution in [0.4, 0.5) is 4.79 Å². The van der Waals surface area contributed by atoms with E-state index >= 15 is 0 Å². The van der Waals surface area contributed by atoms with Crippen molar-refractivity contribution in [3.63, 3.8) is 0 Å². The van der Waals surface area contributed by atoms with Gasteiger partial charge in [0, 0.05) is 11.5 Å². The quantitative estimate of drug-likeness (QED) is 0.133. The van der Waals surface area contributed by atoms with E-state index in [0.717, 1.165) is 0 Å². The maximum Gasteiger partial charge on any atom is 0.434 e. The van der Waals surface area contributed by atoms with Gasteiger partial charge in [-0.15, -0.1) is 11.8 Å². The molecule has 7 nitrogen and oxygen atoms in total. The predicted octanol–water partition coefficient (Wildman–Crippen LogP) is 4.02. The summed E-state index contributed by atoms with van der Waals surface area (Å²) in [6, 6.07) is 0.108. The molecule has 1 rings (SSSR count). The normalized spacial score (nSPS) is 20.2. The van der Waals surface area contributed by atoms with Crippen molar-refractivity contribution < 1.29 is 18.7 Å². The third kappa shape index (κ3) is 7.19. The van der Waals surface area contributed by atoms with Crippen LogP contribution in [-0.2, 0) is 25.7 Å². The van der Waals surface area contributed by atoms with E-state index in [9.17, 15) is 4.79 Å². The van der Waals surface area contributed by atoms with E-state index in [2.05, 4.69) is 24.3 Å². The van der Waals surface area contributed by atoms with Crippen LogP contribution in [0.3, 0.4) is 0 Å². The molecule has 0 aromatic carbocycles. The van der Waals surface area contributed by atoms with Crippen LogP contribution in [0.25, 0.3) is 0 Å². The maximum atomic E-state index is 11.6. The molecule has 1 fully saturated rings. The summed E-state index contributed by atoms with van der Waals surface area (Å²) in [5.41, 5.74) is -0.0369. The van der Waals surface area contributed by atoms with Crippen molar-refractivity contribution in [2.45, 2.75) is 40.7 Å². The van der Waals surface area contributed by atoms with E-state index in [1.165, 1.54) is 23.7 Å². The van der Waals surface area contributed by atoms with Crippen LogP contribution in [-0.4, -0.2) is 46.6 Å². The van der Waals surface area contributed by atoms with E-state index in [1.807, 2.05) is 24.2 Å². The number of nitrogens with one attached hydrogen (secondary N) is 1. The lowest BCUT2D eigenvalue weighted by atomic mass is 9.97. The third-order valence-electron chi connectivity index (χ3n) is 2.89. The van der Waals surface area contributed by atoms with Crippen LogP contribution in [0, 0.1) is 5.41 Å². The van der Waals surface area contributed by atoms with Crippen LogP contribution in [0.2, 0.25) is 0 Å². The van der Waals surface area contributed by atoms with E-state index < -0.39 is 12.7 Å². The summed E-state index contributed by atoms with van der Waals surface area (Å²) in [5, 5.41) is 6.97. The van der Waals surface area contributed by atoms with Gasteiger partial charge in [-0.3, -0.25) is 4.84 Å². The minimum atomic E-state index is -2.55. The monoisotopic (exact) mass is 415 g/mol. The van der Waals surface area contributed by atoms with Gasteiger partial charge in [0.25, 0.3) is 6.64 Å². The number of nitrogens with zero attached hydrogens (tertiary/aromatic N) is 2. The number of hydrogen-bond acceptors (Lipinski definition) is 8. The molecule has 1 aliphatic rings. The van der Waals surface area contributed by atoms with Gasteiger partial charge in [0.2, 0.25) is 0 Å². The van der Waals surface area contributed by atoms with Gasteiger partial charge in [-0.2, -0.15) is 4.08 Å². The Kier molecular flexibility index (Phi) is 9.03. The average molecular weight is 416 g/mol. The number of carbonyl (C=O) groups is 1. The van der Waals surface area contributed by atoms with E-state index in [-0.39, 0.29) is 11.5 Å². The van der Waals surface area contributed by atoms with Crippen LogP contribution in [0.15, 0.2) is 5.16 Å². The van der Waals surface area contributed by atoms with Gasteiger partial charge < -0.3 is 14.4 Å². The number of rotatable bonds is 6. The number of amides is 1. The highest BCUT2D eigenvalue weighted by atomic mass is 32.5. The minimum Gasteiger partial charge on any atom is -0.317 e. The summed E-state index contributed by atoms with van der Waals surface area (Å²) in [6.07, 6.45) is 1.25. The van der Waals surface area contributed by atoms with Gasteiger partial charge in [0.15, 0.2) is 0 Å². The van der Waals surface area contributed by atoms with Gasteiger partial charge in [-0.05, 0) is 50.8 Å². The molecule has 0 aliphatic carbocycles. The molecule has 1 amide bonds. The molecule has 11 heteroatoms. The minimum absolute atomic E-state index is 0.0369. The summed E-state index contributed by atoms with van der Waals surface area (Å²) in [7, 11) is 0. The molecule has 24 heavy (non-hydrogen) atoms. The Hall–Kier alpha value is 0.170. The Labute approximate surface area is 158 Å². The largest absolute Gasteiger partial charge is 0.434 e. The zero-order chi connectivity index (χ0) is 18.4. The van der Waals surface area contributed by atoms with Crippen LogP contribution < -0.4 is 5.32 Å².